The van der Waals surface area contributed by atoms with Gasteiger partial charge in [-0.25, -0.2) is 0 Å². The van der Waals surface area contributed by atoms with Gasteiger partial charge in [0.1, 0.15) is 0 Å². The summed E-state index contributed by atoms with van der Waals surface area (Å²) in [6.07, 6.45) is 4.92. The smallest absolute Gasteiger partial charge is 0.220 e. The number of carbonyl (C=O) groups is 1. The molecule has 4 heteroatoms. The van der Waals surface area contributed by atoms with Crippen LogP contribution in [-0.2, 0) is 11.2 Å². The van der Waals surface area contributed by atoms with E-state index in [0.29, 0.717) is 6.42 Å². The van der Waals surface area contributed by atoms with Gasteiger partial charge in [0.25, 0.3) is 0 Å². The van der Waals surface area contributed by atoms with Crippen molar-refractivity contribution >= 4 is 17.2 Å². The van der Waals surface area contributed by atoms with E-state index in [9.17, 15) is 4.79 Å². The van der Waals surface area contributed by atoms with Crippen LogP contribution in [0, 0.1) is 12.3 Å². The molecule has 2 rings (SSSR count). The minimum Gasteiger partial charge on any atom is -0.356 e. The fourth-order valence-corrected chi connectivity index (χ4v) is 3.58. The lowest BCUT2D eigenvalue weighted by molar-refractivity contribution is -0.121. The molecule has 20 heavy (non-hydrogen) atoms. The van der Waals surface area contributed by atoms with E-state index >= 15 is 0 Å². The first-order valence-corrected chi connectivity index (χ1v) is 8.42. The molecule has 1 aromatic rings. The van der Waals surface area contributed by atoms with Gasteiger partial charge in [-0.2, -0.15) is 0 Å². The van der Waals surface area contributed by atoms with Gasteiger partial charge in [-0.1, -0.05) is 6.92 Å². The number of hydrogen-bond donors (Lipinski definition) is 2. The summed E-state index contributed by atoms with van der Waals surface area (Å²) >= 11 is 1.84. The number of thiophene rings is 1. The molecule has 0 saturated carbocycles. The van der Waals surface area contributed by atoms with Gasteiger partial charge in [0.2, 0.25) is 5.91 Å². The topological polar surface area (TPSA) is 41.1 Å². The molecule has 1 amide bonds. The molecule has 0 unspecified atom stereocenters. The van der Waals surface area contributed by atoms with Crippen molar-refractivity contribution in [3.05, 3.63) is 21.9 Å². The zero-order valence-electron chi connectivity index (χ0n) is 12.6. The zero-order chi connectivity index (χ0) is 14.4. The molecule has 0 atom stereocenters. The van der Waals surface area contributed by atoms with Crippen LogP contribution in [0.25, 0.3) is 0 Å². The molecule has 0 radical (unpaired) electrons. The number of amides is 1. The number of piperidine rings is 1. The van der Waals surface area contributed by atoms with Crippen LogP contribution in [0.1, 0.15) is 42.4 Å². The van der Waals surface area contributed by atoms with Gasteiger partial charge >= 0.3 is 0 Å². The Balaban J connectivity index is 1.62. The number of carbonyl (C=O) groups excluding carboxylic acids is 1. The first kappa shape index (κ1) is 15.5. The summed E-state index contributed by atoms with van der Waals surface area (Å²) in [5.74, 6) is 0.207. The molecule has 1 saturated heterocycles. The van der Waals surface area contributed by atoms with E-state index in [1.54, 1.807) is 0 Å². The van der Waals surface area contributed by atoms with Gasteiger partial charge in [0.05, 0.1) is 0 Å². The predicted molar refractivity (Wildman–Crippen MR) is 85.2 cm³/mol. The number of hydrogen-bond acceptors (Lipinski definition) is 3. The number of nitrogens with one attached hydrogen (secondary N) is 2. The van der Waals surface area contributed by atoms with E-state index in [1.807, 2.05) is 11.3 Å². The molecular weight excluding hydrogens is 268 g/mol. The summed E-state index contributed by atoms with van der Waals surface area (Å²) in [5, 5.41) is 6.49. The Labute approximate surface area is 126 Å². The highest BCUT2D eigenvalue weighted by molar-refractivity contribution is 7.11. The van der Waals surface area contributed by atoms with Gasteiger partial charge in [-0.05, 0) is 63.2 Å². The standard InChI is InChI=1S/C16H26N2OS/c1-13-6-7-14(20-13)4-3-5-15(19)18-12-16(2)8-10-17-11-9-16/h6-7,17H,3-5,8-12H2,1-2H3,(H,18,19). The van der Waals surface area contributed by atoms with Gasteiger partial charge in [-0.15, -0.1) is 11.3 Å². The third-order valence-electron chi connectivity index (χ3n) is 4.15. The number of aryl methyl sites for hydroxylation is 2. The summed E-state index contributed by atoms with van der Waals surface area (Å²) in [6.45, 7) is 7.38. The fourth-order valence-electron chi connectivity index (χ4n) is 2.65. The Bertz CT molecular complexity index is 435. The summed E-state index contributed by atoms with van der Waals surface area (Å²) in [6, 6.07) is 4.33. The maximum absolute atomic E-state index is 11.9. The van der Waals surface area contributed by atoms with Gasteiger partial charge in [-0.3, -0.25) is 4.79 Å². The maximum atomic E-state index is 11.9. The van der Waals surface area contributed by atoms with Crippen molar-refractivity contribution in [2.75, 3.05) is 19.6 Å². The van der Waals surface area contributed by atoms with Gasteiger partial charge in [0.15, 0.2) is 0 Å². The van der Waals surface area contributed by atoms with Crippen molar-refractivity contribution in [2.45, 2.75) is 46.0 Å². The molecule has 1 aromatic heterocycles. The largest absolute Gasteiger partial charge is 0.356 e. The minimum atomic E-state index is 0.207. The molecule has 2 heterocycles. The quantitative estimate of drug-likeness (QED) is 0.847. The highest BCUT2D eigenvalue weighted by Crippen LogP contribution is 2.26. The van der Waals surface area contributed by atoms with Gasteiger partial charge in [0, 0.05) is 22.7 Å². The minimum absolute atomic E-state index is 0.207. The van der Waals surface area contributed by atoms with Crippen molar-refractivity contribution in [2.24, 2.45) is 5.41 Å². The summed E-state index contributed by atoms with van der Waals surface area (Å²) in [7, 11) is 0. The van der Waals surface area contributed by atoms with Crippen LogP contribution in [0.5, 0.6) is 0 Å². The van der Waals surface area contributed by atoms with E-state index in [0.717, 1.165) is 45.3 Å². The van der Waals surface area contributed by atoms with Crippen molar-refractivity contribution in [3.8, 4) is 0 Å². The molecule has 3 nitrogen and oxygen atoms in total. The van der Waals surface area contributed by atoms with Crippen molar-refractivity contribution in [1.29, 1.82) is 0 Å². The zero-order valence-corrected chi connectivity index (χ0v) is 13.4. The van der Waals surface area contributed by atoms with Crippen LogP contribution < -0.4 is 10.6 Å². The molecule has 2 N–H and O–H groups in total. The van der Waals surface area contributed by atoms with E-state index in [-0.39, 0.29) is 11.3 Å². The molecule has 112 valence electrons. The Kier molecular flexibility index (Phi) is 5.61. The Morgan fingerprint density at radius 1 is 1.40 bits per heavy atom. The lowest BCUT2D eigenvalue weighted by Crippen LogP contribution is -2.42. The summed E-state index contributed by atoms with van der Waals surface area (Å²) in [5.41, 5.74) is 0.284. The van der Waals surface area contributed by atoms with Crippen LogP contribution >= 0.6 is 11.3 Å². The molecule has 1 aliphatic heterocycles. The van der Waals surface area contributed by atoms with E-state index in [4.69, 9.17) is 0 Å². The Hall–Kier alpha value is -0.870. The Morgan fingerprint density at radius 3 is 2.80 bits per heavy atom. The first-order chi connectivity index (χ1) is 9.57. The first-order valence-electron chi connectivity index (χ1n) is 7.60. The molecule has 1 aliphatic rings. The van der Waals surface area contributed by atoms with E-state index < -0.39 is 0 Å². The van der Waals surface area contributed by atoms with E-state index in [1.165, 1.54) is 9.75 Å². The third kappa shape index (κ3) is 4.91. The fraction of sp³-hybridized carbons (Fsp3) is 0.688. The molecular formula is C16H26N2OS. The van der Waals surface area contributed by atoms with Crippen LogP contribution in [0.4, 0.5) is 0 Å². The summed E-state index contributed by atoms with van der Waals surface area (Å²) < 4.78 is 0. The second-order valence-corrected chi connectivity index (χ2v) is 7.58. The molecule has 0 bridgehead atoms. The van der Waals surface area contributed by atoms with Crippen molar-refractivity contribution in [1.82, 2.24) is 10.6 Å². The van der Waals surface area contributed by atoms with Crippen LogP contribution in [0.15, 0.2) is 12.1 Å². The van der Waals surface area contributed by atoms with Crippen molar-refractivity contribution in [3.63, 3.8) is 0 Å². The highest BCUT2D eigenvalue weighted by atomic mass is 32.1. The normalized spacial score (nSPS) is 17.9. The average molecular weight is 294 g/mol. The molecule has 0 aliphatic carbocycles. The maximum Gasteiger partial charge on any atom is 0.220 e. The van der Waals surface area contributed by atoms with E-state index in [2.05, 4.69) is 36.6 Å². The molecule has 1 fully saturated rings. The lowest BCUT2D eigenvalue weighted by atomic mass is 9.81. The predicted octanol–water partition coefficient (Wildman–Crippen LogP) is 2.89. The highest BCUT2D eigenvalue weighted by Gasteiger charge is 2.26. The average Bonchev–Trinajstić information content (AvgIpc) is 2.83. The second-order valence-electron chi connectivity index (χ2n) is 6.20. The second kappa shape index (κ2) is 7.23. The lowest BCUT2D eigenvalue weighted by Gasteiger charge is -2.34. The SMILES string of the molecule is Cc1ccc(CCCC(=O)NCC2(C)CCNCC2)s1. The van der Waals surface area contributed by atoms with Crippen LogP contribution in [0.3, 0.4) is 0 Å². The third-order valence-corrected chi connectivity index (χ3v) is 5.21. The monoisotopic (exact) mass is 294 g/mol. The summed E-state index contributed by atoms with van der Waals surface area (Å²) in [4.78, 5) is 14.6. The molecule has 0 aromatic carbocycles. The van der Waals surface area contributed by atoms with Crippen LogP contribution in [-0.4, -0.2) is 25.5 Å². The number of rotatable bonds is 6. The van der Waals surface area contributed by atoms with Gasteiger partial charge < -0.3 is 10.6 Å². The van der Waals surface area contributed by atoms with Crippen LogP contribution in [0.2, 0.25) is 0 Å². The Morgan fingerprint density at radius 2 is 2.15 bits per heavy atom. The molecule has 0 spiro atoms. The van der Waals surface area contributed by atoms with Crippen molar-refractivity contribution < 1.29 is 4.79 Å².